The summed E-state index contributed by atoms with van der Waals surface area (Å²) in [4.78, 5) is 24.1. The highest BCUT2D eigenvalue weighted by atomic mass is 16.6. The maximum atomic E-state index is 12.3. The molecule has 0 bridgehead atoms. The largest absolute Gasteiger partial charge is 0.497 e. The molecular weight excluding hydrogens is 362 g/mol. The molecule has 0 saturated carbocycles. The number of amides is 1. The van der Waals surface area contributed by atoms with Crippen LogP contribution in [0.4, 0.5) is 0 Å². The lowest BCUT2D eigenvalue weighted by Gasteiger charge is -2.21. The lowest BCUT2D eigenvalue weighted by Crippen LogP contribution is -2.31. The van der Waals surface area contributed by atoms with Crippen LogP contribution in [0.1, 0.15) is 35.8 Å². The minimum Gasteiger partial charge on any atom is -0.497 e. The zero-order valence-corrected chi connectivity index (χ0v) is 16.1. The minimum atomic E-state index is -0.298. The van der Waals surface area contributed by atoms with E-state index in [9.17, 15) is 9.59 Å². The monoisotopic (exact) mass is 385 g/mol. The van der Waals surface area contributed by atoms with Crippen molar-refractivity contribution < 1.29 is 28.5 Å². The Hall–Kier alpha value is -3.22. The van der Waals surface area contributed by atoms with Crippen LogP contribution in [0, 0.1) is 0 Å². The van der Waals surface area contributed by atoms with E-state index in [1.807, 2.05) is 25.1 Å². The fourth-order valence-corrected chi connectivity index (χ4v) is 2.88. The van der Waals surface area contributed by atoms with E-state index in [2.05, 4.69) is 5.32 Å². The topological polar surface area (TPSA) is 83.1 Å². The molecule has 1 unspecified atom stereocenters. The molecule has 0 radical (unpaired) electrons. The second-order valence-corrected chi connectivity index (χ2v) is 6.40. The Bertz CT molecular complexity index is 879. The molecule has 7 nitrogen and oxygen atoms in total. The summed E-state index contributed by atoms with van der Waals surface area (Å²) < 4.78 is 21.8. The molecule has 0 spiro atoms. The standard InChI is InChI=1S/C21H23NO6/c1-13(15-4-6-19-20(10-15)27-9-8-26-19)22-21(24)12-28-18-7-5-16(25-3)11-17(18)14(2)23/h4-7,10-11,13H,8-9,12H2,1-3H3,(H,22,24). The molecule has 1 aliphatic heterocycles. The van der Waals surface area contributed by atoms with Crippen molar-refractivity contribution in [1.29, 1.82) is 0 Å². The number of methoxy groups -OCH3 is 1. The van der Waals surface area contributed by atoms with Gasteiger partial charge in [-0.25, -0.2) is 0 Å². The summed E-state index contributed by atoms with van der Waals surface area (Å²) in [6.45, 7) is 4.14. The normalized spacial score (nSPS) is 13.4. The van der Waals surface area contributed by atoms with E-state index in [1.165, 1.54) is 14.0 Å². The van der Waals surface area contributed by atoms with E-state index in [1.54, 1.807) is 18.2 Å². The first-order valence-electron chi connectivity index (χ1n) is 8.98. The van der Waals surface area contributed by atoms with Crippen LogP contribution in [0.25, 0.3) is 0 Å². The zero-order chi connectivity index (χ0) is 20.1. The highest BCUT2D eigenvalue weighted by molar-refractivity contribution is 5.97. The Kier molecular flexibility index (Phi) is 6.03. The van der Waals surface area contributed by atoms with E-state index >= 15 is 0 Å². The van der Waals surface area contributed by atoms with Crippen molar-refractivity contribution in [2.45, 2.75) is 19.9 Å². The molecule has 1 N–H and O–H groups in total. The zero-order valence-electron chi connectivity index (χ0n) is 16.1. The summed E-state index contributed by atoms with van der Waals surface area (Å²) in [6, 6.07) is 10.2. The maximum absolute atomic E-state index is 12.3. The van der Waals surface area contributed by atoms with Crippen LogP contribution in [-0.2, 0) is 4.79 Å². The van der Waals surface area contributed by atoms with Gasteiger partial charge < -0.3 is 24.3 Å². The van der Waals surface area contributed by atoms with Crippen molar-refractivity contribution in [3.8, 4) is 23.0 Å². The van der Waals surface area contributed by atoms with Gasteiger partial charge in [0.05, 0.1) is 18.7 Å². The third-order valence-electron chi connectivity index (χ3n) is 4.37. The Balaban J connectivity index is 1.61. The van der Waals surface area contributed by atoms with Gasteiger partial charge in [0.2, 0.25) is 0 Å². The smallest absolute Gasteiger partial charge is 0.258 e. The quantitative estimate of drug-likeness (QED) is 0.738. The molecule has 148 valence electrons. The van der Waals surface area contributed by atoms with E-state index < -0.39 is 0 Å². The molecule has 0 aliphatic carbocycles. The molecule has 1 heterocycles. The second kappa shape index (κ2) is 8.65. The molecule has 2 aromatic carbocycles. The van der Waals surface area contributed by atoms with Gasteiger partial charge in [-0.3, -0.25) is 9.59 Å². The summed E-state index contributed by atoms with van der Waals surface area (Å²) >= 11 is 0. The first kappa shape index (κ1) is 19.5. The number of carbonyl (C=O) groups excluding carboxylic acids is 2. The molecular formula is C21H23NO6. The first-order valence-corrected chi connectivity index (χ1v) is 8.98. The van der Waals surface area contributed by atoms with Gasteiger partial charge in [0.25, 0.3) is 5.91 Å². The summed E-state index contributed by atoms with van der Waals surface area (Å²) in [5.41, 5.74) is 1.26. The fourth-order valence-electron chi connectivity index (χ4n) is 2.88. The number of ether oxygens (including phenoxy) is 4. The molecule has 1 atom stereocenters. The van der Waals surface area contributed by atoms with Crippen LogP contribution in [-0.4, -0.2) is 38.6 Å². The average molecular weight is 385 g/mol. The van der Waals surface area contributed by atoms with E-state index in [4.69, 9.17) is 18.9 Å². The van der Waals surface area contributed by atoms with Crippen molar-refractivity contribution in [3.63, 3.8) is 0 Å². The van der Waals surface area contributed by atoms with Gasteiger partial charge in [-0.05, 0) is 49.7 Å². The third-order valence-corrected chi connectivity index (χ3v) is 4.37. The van der Waals surface area contributed by atoms with Gasteiger partial charge in [-0.15, -0.1) is 0 Å². The Morgan fingerprint density at radius 3 is 2.57 bits per heavy atom. The number of nitrogens with one attached hydrogen (secondary N) is 1. The summed E-state index contributed by atoms with van der Waals surface area (Å²) in [5.74, 6) is 1.80. The predicted molar refractivity (Wildman–Crippen MR) is 102 cm³/mol. The van der Waals surface area contributed by atoms with Crippen LogP contribution >= 0.6 is 0 Å². The number of hydrogen-bond acceptors (Lipinski definition) is 6. The van der Waals surface area contributed by atoms with E-state index in [0.29, 0.717) is 41.8 Å². The predicted octanol–water partition coefficient (Wildman–Crippen LogP) is 2.93. The average Bonchev–Trinajstić information content (AvgIpc) is 2.71. The lowest BCUT2D eigenvalue weighted by atomic mass is 10.1. The van der Waals surface area contributed by atoms with Crippen LogP contribution in [0.5, 0.6) is 23.0 Å². The minimum absolute atomic E-state index is 0.168. The molecule has 7 heteroatoms. The number of carbonyl (C=O) groups is 2. The van der Waals surface area contributed by atoms with Crippen LogP contribution in [0.2, 0.25) is 0 Å². The van der Waals surface area contributed by atoms with Crippen molar-refractivity contribution in [2.24, 2.45) is 0 Å². The number of ketones is 1. The van der Waals surface area contributed by atoms with Crippen molar-refractivity contribution in [1.82, 2.24) is 5.32 Å². The number of hydrogen-bond donors (Lipinski definition) is 1. The first-order chi connectivity index (χ1) is 13.5. The summed E-state index contributed by atoms with van der Waals surface area (Å²) in [6.07, 6.45) is 0. The van der Waals surface area contributed by atoms with Gasteiger partial charge in [-0.1, -0.05) is 6.07 Å². The third kappa shape index (κ3) is 4.54. The molecule has 0 aromatic heterocycles. The number of Topliss-reactive ketones (excluding diaryl/α,β-unsaturated/α-hetero) is 1. The Morgan fingerprint density at radius 1 is 1.11 bits per heavy atom. The van der Waals surface area contributed by atoms with Crippen molar-refractivity contribution in [3.05, 3.63) is 47.5 Å². The Labute approximate surface area is 163 Å². The molecule has 28 heavy (non-hydrogen) atoms. The van der Waals surface area contributed by atoms with Gasteiger partial charge in [0.1, 0.15) is 24.7 Å². The maximum Gasteiger partial charge on any atom is 0.258 e. The summed E-state index contributed by atoms with van der Waals surface area (Å²) in [7, 11) is 1.52. The van der Waals surface area contributed by atoms with Crippen LogP contribution in [0.15, 0.2) is 36.4 Å². The molecule has 2 aromatic rings. The number of rotatable bonds is 7. The van der Waals surface area contributed by atoms with E-state index in [-0.39, 0.29) is 24.3 Å². The fraction of sp³-hybridized carbons (Fsp3) is 0.333. The molecule has 0 fully saturated rings. The second-order valence-electron chi connectivity index (χ2n) is 6.40. The molecule has 1 aliphatic rings. The van der Waals surface area contributed by atoms with Crippen LogP contribution < -0.4 is 24.3 Å². The van der Waals surface area contributed by atoms with Gasteiger partial charge >= 0.3 is 0 Å². The molecule has 3 rings (SSSR count). The molecule has 1 amide bonds. The Morgan fingerprint density at radius 2 is 1.86 bits per heavy atom. The highest BCUT2D eigenvalue weighted by Gasteiger charge is 2.17. The van der Waals surface area contributed by atoms with Gasteiger partial charge in [0.15, 0.2) is 23.9 Å². The number of fused-ring (bicyclic) bond motifs is 1. The lowest BCUT2D eigenvalue weighted by molar-refractivity contribution is -0.123. The van der Waals surface area contributed by atoms with Gasteiger partial charge in [-0.2, -0.15) is 0 Å². The van der Waals surface area contributed by atoms with Crippen LogP contribution in [0.3, 0.4) is 0 Å². The van der Waals surface area contributed by atoms with Crippen molar-refractivity contribution >= 4 is 11.7 Å². The van der Waals surface area contributed by atoms with E-state index in [0.717, 1.165) is 5.56 Å². The van der Waals surface area contributed by atoms with Crippen molar-refractivity contribution in [2.75, 3.05) is 26.9 Å². The SMILES string of the molecule is COc1ccc(OCC(=O)NC(C)c2ccc3c(c2)OCCO3)c(C(C)=O)c1. The van der Waals surface area contributed by atoms with Gasteiger partial charge in [0, 0.05) is 0 Å². The highest BCUT2D eigenvalue weighted by Crippen LogP contribution is 2.32. The molecule has 0 saturated heterocycles. The number of benzene rings is 2. The summed E-state index contributed by atoms with van der Waals surface area (Å²) in [5, 5.41) is 2.87.